The number of carbonyl (C=O) groups excluding carboxylic acids is 1. The van der Waals surface area contributed by atoms with Crippen LogP contribution >= 0.6 is 11.8 Å². The molecule has 0 bridgehead atoms. The van der Waals surface area contributed by atoms with Gasteiger partial charge in [-0.15, -0.1) is 10.2 Å². The fraction of sp³-hybridized carbons (Fsp3) is 0.750. The molecule has 0 fully saturated rings. The molecular weight excluding hydrogens is 264 g/mol. The molecule has 0 aliphatic heterocycles. The molecule has 0 aromatic carbocycles. The molecule has 0 aliphatic rings. The molecule has 0 saturated carbocycles. The Kier molecular flexibility index (Phi) is 6.86. The van der Waals surface area contributed by atoms with Gasteiger partial charge in [0.2, 0.25) is 0 Å². The van der Waals surface area contributed by atoms with Crippen molar-refractivity contribution in [1.29, 1.82) is 0 Å². The lowest BCUT2D eigenvalue weighted by Crippen LogP contribution is -2.40. The molecule has 1 aromatic heterocycles. The number of thioether (sulfide) groups is 1. The first kappa shape index (κ1) is 16.0. The Labute approximate surface area is 118 Å². The summed E-state index contributed by atoms with van der Waals surface area (Å²) in [5, 5.41) is 12.1. The first-order valence-electron chi connectivity index (χ1n) is 6.48. The van der Waals surface area contributed by atoms with Gasteiger partial charge in [-0.2, -0.15) is 0 Å². The molecule has 1 rings (SSSR count). The van der Waals surface area contributed by atoms with Gasteiger partial charge in [-0.25, -0.2) is 0 Å². The predicted molar refractivity (Wildman–Crippen MR) is 75.2 cm³/mol. The van der Waals surface area contributed by atoms with Gasteiger partial charge in [0.25, 0.3) is 0 Å². The molecule has 108 valence electrons. The molecule has 1 N–H and O–H groups in total. The summed E-state index contributed by atoms with van der Waals surface area (Å²) in [6, 6.07) is -0.304. The van der Waals surface area contributed by atoms with Crippen molar-refractivity contribution in [2.24, 2.45) is 7.05 Å². The quantitative estimate of drug-likeness (QED) is 0.571. The van der Waals surface area contributed by atoms with Gasteiger partial charge in [-0.05, 0) is 26.8 Å². The average Bonchev–Trinajstić information content (AvgIpc) is 2.70. The second-order valence-electron chi connectivity index (χ2n) is 4.16. The highest BCUT2D eigenvalue weighted by molar-refractivity contribution is 7.99. The summed E-state index contributed by atoms with van der Waals surface area (Å²) in [5.41, 5.74) is 0. The third-order valence-electron chi connectivity index (χ3n) is 2.64. The lowest BCUT2D eigenvalue weighted by Gasteiger charge is -2.16. The summed E-state index contributed by atoms with van der Waals surface area (Å²) >= 11 is 1.51. The molecule has 1 unspecified atom stereocenters. The fourth-order valence-electron chi connectivity index (χ4n) is 1.44. The Balaban J connectivity index is 2.56. The number of nitrogens with one attached hydrogen (secondary N) is 1. The number of ether oxygens (including phenoxy) is 1. The number of rotatable bonds is 8. The van der Waals surface area contributed by atoms with Crippen LogP contribution in [-0.2, 0) is 16.6 Å². The highest BCUT2D eigenvalue weighted by atomic mass is 32.2. The lowest BCUT2D eigenvalue weighted by molar-refractivity contribution is -0.144. The summed E-state index contributed by atoms with van der Waals surface area (Å²) in [4.78, 5) is 11.8. The van der Waals surface area contributed by atoms with Crippen LogP contribution in [0.3, 0.4) is 0 Å². The summed E-state index contributed by atoms with van der Waals surface area (Å²) in [7, 11) is 1.91. The molecular formula is C12H22N4O2S. The molecule has 6 nitrogen and oxygen atoms in total. The van der Waals surface area contributed by atoms with Gasteiger partial charge in [0.1, 0.15) is 11.9 Å². The van der Waals surface area contributed by atoms with Crippen molar-refractivity contribution in [3.8, 4) is 0 Å². The zero-order valence-electron chi connectivity index (χ0n) is 12.0. The van der Waals surface area contributed by atoms with E-state index in [0.717, 1.165) is 23.9 Å². The summed E-state index contributed by atoms with van der Waals surface area (Å²) < 4.78 is 6.98. The minimum atomic E-state index is -0.304. The Morgan fingerprint density at radius 1 is 1.47 bits per heavy atom. The van der Waals surface area contributed by atoms with Crippen LogP contribution in [0.25, 0.3) is 0 Å². The third kappa shape index (κ3) is 4.83. The van der Waals surface area contributed by atoms with Crippen molar-refractivity contribution in [3.63, 3.8) is 0 Å². The Bertz CT molecular complexity index is 408. The number of hydrogen-bond acceptors (Lipinski definition) is 6. The number of carbonyl (C=O) groups is 1. The molecule has 0 spiro atoms. The number of aromatic nitrogens is 3. The van der Waals surface area contributed by atoms with Crippen LogP contribution in [0.4, 0.5) is 0 Å². The van der Waals surface area contributed by atoms with Gasteiger partial charge in [0, 0.05) is 12.8 Å². The first-order valence-corrected chi connectivity index (χ1v) is 7.47. The molecule has 1 heterocycles. The van der Waals surface area contributed by atoms with E-state index in [0.29, 0.717) is 12.4 Å². The van der Waals surface area contributed by atoms with Crippen LogP contribution in [0.2, 0.25) is 0 Å². The monoisotopic (exact) mass is 286 g/mol. The SMILES string of the molecule is CCCNC(CSc1nnc(C)n1C)C(=O)OCC. The number of hydrogen-bond donors (Lipinski definition) is 1. The van der Waals surface area contributed by atoms with Crippen LogP contribution in [-0.4, -0.2) is 45.7 Å². The second kappa shape index (κ2) is 8.16. The van der Waals surface area contributed by atoms with Crippen molar-refractivity contribution in [2.45, 2.75) is 38.4 Å². The van der Waals surface area contributed by atoms with Crippen LogP contribution < -0.4 is 5.32 Å². The molecule has 1 aromatic rings. The average molecular weight is 286 g/mol. The Morgan fingerprint density at radius 2 is 2.21 bits per heavy atom. The second-order valence-corrected chi connectivity index (χ2v) is 5.15. The Morgan fingerprint density at radius 3 is 2.74 bits per heavy atom. The van der Waals surface area contributed by atoms with E-state index < -0.39 is 0 Å². The predicted octanol–water partition coefficient (Wildman–Crippen LogP) is 1.15. The van der Waals surface area contributed by atoms with Crippen LogP contribution in [0, 0.1) is 6.92 Å². The maximum Gasteiger partial charge on any atom is 0.323 e. The largest absolute Gasteiger partial charge is 0.465 e. The van der Waals surface area contributed by atoms with Gasteiger partial charge in [0.15, 0.2) is 5.16 Å². The molecule has 0 saturated heterocycles. The van der Waals surface area contributed by atoms with E-state index in [4.69, 9.17) is 4.74 Å². The highest BCUT2D eigenvalue weighted by Gasteiger charge is 2.20. The van der Waals surface area contributed by atoms with Crippen molar-refractivity contribution >= 4 is 17.7 Å². The Hall–Kier alpha value is -1.08. The number of aryl methyl sites for hydroxylation is 1. The summed E-state index contributed by atoms with van der Waals surface area (Å²) in [5.74, 6) is 1.24. The molecule has 0 amide bonds. The van der Waals surface area contributed by atoms with Gasteiger partial charge in [-0.1, -0.05) is 18.7 Å². The lowest BCUT2D eigenvalue weighted by atomic mass is 10.3. The van der Waals surface area contributed by atoms with Crippen molar-refractivity contribution < 1.29 is 9.53 Å². The molecule has 0 radical (unpaired) electrons. The molecule has 0 aliphatic carbocycles. The number of nitrogens with zero attached hydrogens (tertiary/aromatic N) is 3. The summed E-state index contributed by atoms with van der Waals surface area (Å²) in [6.07, 6.45) is 0.976. The molecule has 1 atom stereocenters. The zero-order chi connectivity index (χ0) is 14.3. The van der Waals surface area contributed by atoms with Crippen molar-refractivity contribution in [3.05, 3.63) is 5.82 Å². The van der Waals surface area contributed by atoms with Gasteiger partial charge in [0.05, 0.1) is 6.61 Å². The van der Waals surface area contributed by atoms with E-state index in [2.05, 4.69) is 22.4 Å². The fourth-order valence-corrected chi connectivity index (χ4v) is 2.44. The normalized spacial score (nSPS) is 12.4. The molecule has 19 heavy (non-hydrogen) atoms. The zero-order valence-corrected chi connectivity index (χ0v) is 12.8. The van der Waals surface area contributed by atoms with Gasteiger partial charge < -0.3 is 14.6 Å². The third-order valence-corrected chi connectivity index (χ3v) is 3.76. The standard InChI is InChI=1S/C12H22N4O2S/c1-5-7-13-10(11(17)18-6-2)8-19-12-15-14-9(3)16(12)4/h10,13H,5-8H2,1-4H3. The van der Waals surface area contributed by atoms with Gasteiger partial charge >= 0.3 is 5.97 Å². The van der Waals surface area contributed by atoms with E-state index in [1.54, 1.807) is 0 Å². The van der Waals surface area contributed by atoms with Crippen molar-refractivity contribution in [2.75, 3.05) is 18.9 Å². The molecule has 7 heteroatoms. The van der Waals surface area contributed by atoms with E-state index in [1.807, 2.05) is 25.5 Å². The first-order chi connectivity index (χ1) is 9.10. The van der Waals surface area contributed by atoms with E-state index in [9.17, 15) is 4.79 Å². The van der Waals surface area contributed by atoms with E-state index in [1.165, 1.54) is 11.8 Å². The van der Waals surface area contributed by atoms with Crippen LogP contribution in [0.1, 0.15) is 26.1 Å². The number of esters is 1. The van der Waals surface area contributed by atoms with E-state index in [-0.39, 0.29) is 12.0 Å². The maximum atomic E-state index is 11.8. The van der Waals surface area contributed by atoms with Crippen molar-refractivity contribution in [1.82, 2.24) is 20.1 Å². The summed E-state index contributed by atoms with van der Waals surface area (Å²) in [6.45, 7) is 6.97. The van der Waals surface area contributed by atoms with E-state index >= 15 is 0 Å². The van der Waals surface area contributed by atoms with Crippen LogP contribution in [0.15, 0.2) is 5.16 Å². The minimum Gasteiger partial charge on any atom is -0.465 e. The maximum absolute atomic E-state index is 11.8. The van der Waals surface area contributed by atoms with Gasteiger partial charge in [-0.3, -0.25) is 4.79 Å². The topological polar surface area (TPSA) is 69.0 Å². The minimum absolute atomic E-state index is 0.206. The van der Waals surface area contributed by atoms with Crippen LogP contribution in [0.5, 0.6) is 0 Å². The smallest absolute Gasteiger partial charge is 0.323 e. The highest BCUT2D eigenvalue weighted by Crippen LogP contribution is 2.16.